The molecule has 2 rings (SSSR count). The number of amides is 1. The minimum Gasteiger partial charge on any atom is -0.463 e. The summed E-state index contributed by atoms with van der Waals surface area (Å²) in [4.78, 5) is 23.9. The average Bonchev–Trinajstić information content (AvgIpc) is 2.38. The van der Waals surface area contributed by atoms with Gasteiger partial charge in [-0.1, -0.05) is 18.6 Å². The fraction of sp³-hybridized carbons (Fsp3) is 0.529. The van der Waals surface area contributed by atoms with Gasteiger partial charge in [0.05, 0.1) is 17.9 Å². The quantitative estimate of drug-likeness (QED) is 0.822. The number of carbonyl (C=O) groups excluding carboxylic acids is 2. The summed E-state index contributed by atoms with van der Waals surface area (Å²) in [5.74, 6) is -0.725. The first kappa shape index (κ1) is 16.5. The molecule has 1 amide bonds. The highest BCUT2D eigenvalue weighted by atomic mass is 19.1. The van der Waals surface area contributed by atoms with Crippen LogP contribution in [0.2, 0.25) is 0 Å². The molecule has 0 bridgehead atoms. The molecule has 0 aromatic heterocycles. The largest absolute Gasteiger partial charge is 0.463 e. The molecule has 0 spiro atoms. The summed E-state index contributed by atoms with van der Waals surface area (Å²) < 4.78 is 18.1. The van der Waals surface area contributed by atoms with Gasteiger partial charge < -0.3 is 10.1 Å². The molecular formula is C17H22FNO3. The summed E-state index contributed by atoms with van der Waals surface area (Å²) in [6.45, 7) is 3.83. The fourth-order valence-electron chi connectivity index (χ4n) is 2.72. The molecule has 1 aromatic rings. The van der Waals surface area contributed by atoms with Gasteiger partial charge in [-0.3, -0.25) is 9.59 Å². The van der Waals surface area contributed by atoms with Crippen LogP contribution < -0.4 is 5.32 Å². The van der Waals surface area contributed by atoms with Gasteiger partial charge in [0, 0.05) is 6.54 Å². The Balaban J connectivity index is 1.92. The minimum atomic E-state index is -0.574. The lowest BCUT2D eigenvalue weighted by Crippen LogP contribution is -2.49. The first-order valence-corrected chi connectivity index (χ1v) is 7.68. The number of hydrogen-bond donors (Lipinski definition) is 1. The van der Waals surface area contributed by atoms with Crippen molar-refractivity contribution in [3.05, 3.63) is 35.6 Å². The molecule has 4 nitrogen and oxygen atoms in total. The summed E-state index contributed by atoms with van der Waals surface area (Å²) >= 11 is 0. The Morgan fingerprint density at radius 1 is 1.27 bits per heavy atom. The van der Waals surface area contributed by atoms with Gasteiger partial charge in [-0.15, -0.1) is 0 Å². The lowest BCUT2D eigenvalue weighted by Gasteiger charge is -2.40. The van der Waals surface area contributed by atoms with Crippen molar-refractivity contribution in [3.63, 3.8) is 0 Å². The number of halogens is 1. The first-order valence-electron chi connectivity index (χ1n) is 7.68. The standard InChI is InChI=1S/C17H22FNO3/c1-12(2)22-15(20)8-11-19-16(21)17(9-3-10-17)13-4-6-14(18)7-5-13/h4-7,12H,3,8-11H2,1-2H3,(H,19,21). The van der Waals surface area contributed by atoms with Crippen molar-refractivity contribution in [2.75, 3.05) is 6.54 Å². The number of carbonyl (C=O) groups is 2. The predicted molar refractivity (Wildman–Crippen MR) is 80.8 cm³/mol. The Labute approximate surface area is 130 Å². The van der Waals surface area contributed by atoms with E-state index in [0.717, 1.165) is 24.8 Å². The second kappa shape index (κ2) is 6.90. The summed E-state index contributed by atoms with van der Waals surface area (Å²) in [6.07, 6.45) is 2.48. The van der Waals surface area contributed by atoms with Crippen molar-refractivity contribution in [2.24, 2.45) is 0 Å². The van der Waals surface area contributed by atoms with Crippen LogP contribution in [0.15, 0.2) is 24.3 Å². The fourth-order valence-corrected chi connectivity index (χ4v) is 2.72. The molecule has 0 atom stereocenters. The monoisotopic (exact) mass is 307 g/mol. The summed E-state index contributed by atoms with van der Waals surface area (Å²) in [7, 11) is 0. The molecule has 0 radical (unpaired) electrons. The number of rotatable bonds is 6. The maximum Gasteiger partial charge on any atom is 0.307 e. The average molecular weight is 307 g/mol. The van der Waals surface area contributed by atoms with E-state index in [1.54, 1.807) is 26.0 Å². The van der Waals surface area contributed by atoms with E-state index in [1.807, 2.05) is 0 Å². The van der Waals surface area contributed by atoms with Gasteiger partial charge in [-0.2, -0.15) is 0 Å². The van der Waals surface area contributed by atoms with Crippen LogP contribution in [0.3, 0.4) is 0 Å². The van der Waals surface area contributed by atoms with E-state index in [9.17, 15) is 14.0 Å². The van der Waals surface area contributed by atoms with Gasteiger partial charge >= 0.3 is 5.97 Å². The normalized spacial score (nSPS) is 16.0. The van der Waals surface area contributed by atoms with E-state index >= 15 is 0 Å². The number of benzene rings is 1. The summed E-state index contributed by atoms with van der Waals surface area (Å²) in [6, 6.07) is 6.09. The number of ether oxygens (including phenoxy) is 1. The number of esters is 1. The molecule has 0 unspecified atom stereocenters. The molecule has 120 valence electrons. The Kier molecular flexibility index (Phi) is 5.16. The Bertz CT molecular complexity index is 535. The molecule has 1 aromatic carbocycles. The zero-order valence-corrected chi connectivity index (χ0v) is 13.0. The third-order valence-corrected chi connectivity index (χ3v) is 4.02. The molecular weight excluding hydrogens is 285 g/mol. The molecule has 1 aliphatic rings. The maximum atomic E-state index is 13.0. The Morgan fingerprint density at radius 3 is 2.41 bits per heavy atom. The highest BCUT2D eigenvalue weighted by molar-refractivity contribution is 5.89. The zero-order chi connectivity index (χ0) is 16.2. The van der Waals surface area contributed by atoms with Gasteiger partial charge in [0.15, 0.2) is 0 Å². The lowest BCUT2D eigenvalue weighted by molar-refractivity contribution is -0.147. The second-order valence-electron chi connectivity index (χ2n) is 5.99. The van der Waals surface area contributed by atoms with E-state index in [0.29, 0.717) is 0 Å². The van der Waals surface area contributed by atoms with Crippen molar-refractivity contribution < 1.29 is 18.7 Å². The topological polar surface area (TPSA) is 55.4 Å². The molecule has 22 heavy (non-hydrogen) atoms. The number of nitrogens with one attached hydrogen (secondary N) is 1. The molecule has 1 N–H and O–H groups in total. The van der Waals surface area contributed by atoms with Crippen LogP contribution >= 0.6 is 0 Å². The predicted octanol–water partition coefficient (Wildman–Crippen LogP) is 2.71. The molecule has 1 fully saturated rings. The van der Waals surface area contributed by atoms with Crippen LogP contribution in [-0.4, -0.2) is 24.5 Å². The van der Waals surface area contributed by atoms with Crippen LogP contribution in [0.5, 0.6) is 0 Å². The van der Waals surface area contributed by atoms with E-state index in [2.05, 4.69) is 5.32 Å². The zero-order valence-electron chi connectivity index (χ0n) is 13.0. The third-order valence-electron chi connectivity index (χ3n) is 4.02. The van der Waals surface area contributed by atoms with Crippen molar-refractivity contribution in [1.29, 1.82) is 0 Å². The van der Waals surface area contributed by atoms with E-state index < -0.39 is 5.41 Å². The van der Waals surface area contributed by atoms with E-state index in [1.165, 1.54) is 12.1 Å². The second-order valence-corrected chi connectivity index (χ2v) is 5.99. The molecule has 0 saturated heterocycles. The third kappa shape index (κ3) is 3.64. The smallest absolute Gasteiger partial charge is 0.307 e. The van der Waals surface area contributed by atoms with E-state index in [-0.39, 0.29) is 36.8 Å². The van der Waals surface area contributed by atoms with E-state index in [4.69, 9.17) is 4.74 Å². The highest BCUT2D eigenvalue weighted by Crippen LogP contribution is 2.43. The van der Waals surface area contributed by atoms with Crippen molar-refractivity contribution in [1.82, 2.24) is 5.32 Å². The van der Waals surface area contributed by atoms with Crippen LogP contribution in [0, 0.1) is 5.82 Å². The van der Waals surface area contributed by atoms with Crippen LogP contribution in [0.1, 0.15) is 45.1 Å². The van der Waals surface area contributed by atoms with Gasteiger partial charge in [0.25, 0.3) is 0 Å². The number of hydrogen-bond acceptors (Lipinski definition) is 3. The Morgan fingerprint density at radius 2 is 1.91 bits per heavy atom. The summed E-state index contributed by atoms with van der Waals surface area (Å²) in [5.41, 5.74) is 0.262. The van der Waals surface area contributed by atoms with Crippen molar-refractivity contribution >= 4 is 11.9 Å². The van der Waals surface area contributed by atoms with Gasteiger partial charge in [-0.25, -0.2) is 4.39 Å². The minimum absolute atomic E-state index is 0.0947. The maximum absolute atomic E-state index is 13.0. The van der Waals surface area contributed by atoms with Crippen LogP contribution in [-0.2, 0) is 19.7 Å². The first-order chi connectivity index (χ1) is 10.4. The van der Waals surface area contributed by atoms with Crippen molar-refractivity contribution in [3.8, 4) is 0 Å². The SMILES string of the molecule is CC(C)OC(=O)CCNC(=O)C1(c2ccc(F)cc2)CCC1. The molecule has 1 aliphatic carbocycles. The summed E-state index contributed by atoms with van der Waals surface area (Å²) in [5, 5.41) is 2.81. The van der Waals surface area contributed by atoms with Gasteiger partial charge in [-0.05, 0) is 44.4 Å². The molecule has 0 aliphatic heterocycles. The Hall–Kier alpha value is -1.91. The van der Waals surface area contributed by atoms with Gasteiger partial charge in [0.1, 0.15) is 5.82 Å². The van der Waals surface area contributed by atoms with Crippen LogP contribution in [0.25, 0.3) is 0 Å². The van der Waals surface area contributed by atoms with Crippen molar-refractivity contribution in [2.45, 2.75) is 51.0 Å². The molecule has 5 heteroatoms. The molecule has 0 heterocycles. The van der Waals surface area contributed by atoms with Gasteiger partial charge in [0.2, 0.25) is 5.91 Å². The highest BCUT2D eigenvalue weighted by Gasteiger charge is 2.45. The molecule has 1 saturated carbocycles. The lowest BCUT2D eigenvalue weighted by atomic mass is 9.64. The van der Waals surface area contributed by atoms with Crippen LogP contribution in [0.4, 0.5) is 4.39 Å².